The number of likely N-dealkylation sites (N-methyl/N-ethyl adjacent to an activating group) is 1. The summed E-state index contributed by atoms with van der Waals surface area (Å²) >= 11 is 0. The maximum absolute atomic E-state index is 12.2. The van der Waals surface area contributed by atoms with Crippen molar-refractivity contribution in [1.82, 2.24) is 4.90 Å². The molecule has 0 unspecified atom stereocenters. The number of carbonyl (C=O) groups excluding carboxylic acids is 2. The molecule has 0 saturated carbocycles. The van der Waals surface area contributed by atoms with Crippen LogP contribution in [0, 0.1) is 13.8 Å². The first-order valence-corrected chi connectivity index (χ1v) is 8.25. The molecule has 25 heavy (non-hydrogen) atoms. The van der Waals surface area contributed by atoms with Gasteiger partial charge in [0.1, 0.15) is 5.75 Å². The van der Waals surface area contributed by atoms with E-state index >= 15 is 0 Å². The average Bonchev–Trinajstić information content (AvgIpc) is 2.59. The number of benzene rings is 2. The Labute approximate surface area is 148 Å². The summed E-state index contributed by atoms with van der Waals surface area (Å²) in [7, 11) is 1.62. The first kappa shape index (κ1) is 18.5. The Balaban J connectivity index is 1.79. The molecule has 0 bridgehead atoms. The largest absolute Gasteiger partial charge is 0.493 e. The van der Waals surface area contributed by atoms with Gasteiger partial charge in [-0.15, -0.1) is 0 Å². The van der Waals surface area contributed by atoms with Gasteiger partial charge in [-0.1, -0.05) is 36.4 Å². The fraction of sp³-hybridized carbons (Fsp3) is 0.300. The van der Waals surface area contributed by atoms with E-state index in [9.17, 15) is 9.59 Å². The Morgan fingerprint density at radius 3 is 2.28 bits per heavy atom. The molecule has 0 radical (unpaired) electrons. The van der Waals surface area contributed by atoms with Gasteiger partial charge in [-0.05, 0) is 37.1 Å². The van der Waals surface area contributed by atoms with E-state index < -0.39 is 0 Å². The van der Waals surface area contributed by atoms with Crippen molar-refractivity contribution in [3.05, 3.63) is 59.7 Å². The standard InChI is InChI=1S/C20H24N2O3/c1-15-8-7-9-16(2)20(15)21-18(23)14-22(3)19(24)12-13-25-17-10-5-4-6-11-17/h4-11H,12-14H2,1-3H3,(H,21,23). The van der Waals surface area contributed by atoms with E-state index in [1.165, 1.54) is 4.90 Å². The van der Waals surface area contributed by atoms with Gasteiger partial charge in [0.25, 0.3) is 0 Å². The Kier molecular flexibility index (Phi) is 6.57. The molecule has 0 spiro atoms. The third kappa shape index (κ3) is 5.64. The molecule has 2 aromatic rings. The van der Waals surface area contributed by atoms with Crippen molar-refractivity contribution >= 4 is 17.5 Å². The molecule has 0 aromatic heterocycles. The number of nitrogens with zero attached hydrogens (tertiary/aromatic N) is 1. The molecule has 1 N–H and O–H groups in total. The second kappa shape index (κ2) is 8.87. The van der Waals surface area contributed by atoms with Crippen LogP contribution in [0.4, 0.5) is 5.69 Å². The van der Waals surface area contributed by atoms with Gasteiger partial charge in [0.05, 0.1) is 19.6 Å². The molecular formula is C20H24N2O3. The van der Waals surface area contributed by atoms with Crippen molar-refractivity contribution in [2.45, 2.75) is 20.3 Å². The van der Waals surface area contributed by atoms with Crippen LogP contribution >= 0.6 is 0 Å². The highest BCUT2D eigenvalue weighted by Crippen LogP contribution is 2.19. The van der Waals surface area contributed by atoms with Crippen LogP contribution in [0.15, 0.2) is 48.5 Å². The van der Waals surface area contributed by atoms with Crippen LogP contribution < -0.4 is 10.1 Å². The van der Waals surface area contributed by atoms with Crippen LogP contribution in [-0.4, -0.2) is 36.9 Å². The van der Waals surface area contributed by atoms with Gasteiger partial charge < -0.3 is 15.0 Å². The summed E-state index contributed by atoms with van der Waals surface area (Å²) in [6.07, 6.45) is 0.224. The fourth-order valence-corrected chi connectivity index (χ4v) is 2.46. The summed E-state index contributed by atoms with van der Waals surface area (Å²) in [5.41, 5.74) is 2.80. The van der Waals surface area contributed by atoms with E-state index in [1.54, 1.807) is 7.05 Å². The van der Waals surface area contributed by atoms with Crippen molar-refractivity contribution in [3.63, 3.8) is 0 Å². The zero-order valence-corrected chi connectivity index (χ0v) is 14.9. The highest BCUT2D eigenvalue weighted by Gasteiger charge is 2.14. The molecule has 0 fully saturated rings. The summed E-state index contributed by atoms with van der Waals surface area (Å²) in [4.78, 5) is 25.7. The monoisotopic (exact) mass is 340 g/mol. The summed E-state index contributed by atoms with van der Waals surface area (Å²) in [6, 6.07) is 15.2. The van der Waals surface area contributed by atoms with Crippen molar-refractivity contribution in [2.75, 3.05) is 25.5 Å². The van der Waals surface area contributed by atoms with Gasteiger partial charge in [-0.2, -0.15) is 0 Å². The lowest BCUT2D eigenvalue weighted by atomic mass is 10.1. The molecule has 5 nitrogen and oxygen atoms in total. The molecule has 0 aliphatic heterocycles. The molecule has 0 aliphatic rings. The van der Waals surface area contributed by atoms with E-state index in [0.29, 0.717) is 0 Å². The quantitative estimate of drug-likeness (QED) is 0.842. The predicted octanol–water partition coefficient (Wildman–Crippen LogP) is 3.17. The zero-order valence-electron chi connectivity index (χ0n) is 14.9. The molecule has 2 rings (SSSR count). The van der Waals surface area contributed by atoms with Crippen molar-refractivity contribution in [1.29, 1.82) is 0 Å². The Bertz CT molecular complexity index is 709. The maximum Gasteiger partial charge on any atom is 0.243 e. The van der Waals surface area contributed by atoms with Gasteiger partial charge in [-0.25, -0.2) is 0 Å². The number of aryl methyl sites for hydroxylation is 2. The third-order valence-corrected chi connectivity index (χ3v) is 3.88. The lowest BCUT2D eigenvalue weighted by molar-refractivity contribution is -0.133. The van der Waals surface area contributed by atoms with Gasteiger partial charge >= 0.3 is 0 Å². The Hall–Kier alpha value is -2.82. The average molecular weight is 340 g/mol. The summed E-state index contributed by atoms with van der Waals surface area (Å²) in [5.74, 6) is 0.385. The second-order valence-electron chi connectivity index (χ2n) is 5.98. The van der Waals surface area contributed by atoms with E-state index in [4.69, 9.17) is 4.74 Å². The van der Waals surface area contributed by atoms with Crippen LogP contribution in [0.1, 0.15) is 17.5 Å². The molecule has 0 saturated heterocycles. The number of anilines is 1. The van der Waals surface area contributed by atoms with E-state index in [1.807, 2.05) is 62.4 Å². The number of nitrogens with one attached hydrogen (secondary N) is 1. The number of para-hydroxylation sites is 2. The number of hydrogen-bond donors (Lipinski definition) is 1. The molecule has 5 heteroatoms. The van der Waals surface area contributed by atoms with E-state index in [0.717, 1.165) is 22.6 Å². The maximum atomic E-state index is 12.2. The summed E-state index contributed by atoms with van der Waals surface area (Å²) in [5, 5.41) is 2.88. The minimum Gasteiger partial charge on any atom is -0.493 e. The van der Waals surface area contributed by atoms with E-state index in [-0.39, 0.29) is 31.4 Å². The first-order valence-electron chi connectivity index (χ1n) is 8.25. The summed E-state index contributed by atoms with van der Waals surface area (Å²) in [6.45, 7) is 4.18. The fourth-order valence-electron chi connectivity index (χ4n) is 2.46. The van der Waals surface area contributed by atoms with Crippen molar-refractivity contribution in [2.24, 2.45) is 0 Å². The first-order chi connectivity index (χ1) is 12.0. The van der Waals surface area contributed by atoms with Crippen LogP contribution in [0.2, 0.25) is 0 Å². The third-order valence-electron chi connectivity index (χ3n) is 3.88. The lowest BCUT2D eigenvalue weighted by Gasteiger charge is -2.18. The van der Waals surface area contributed by atoms with E-state index in [2.05, 4.69) is 5.32 Å². The summed E-state index contributed by atoms with van der Waals surface area (Å²) < 4.78 is 5.51. The molecule has 2 amide bonds. The normalized spacial score (nSPS) is 10.2. The van der Waals surface area contributed by atoms with Crippen LogP contribution in [0.3, 0.4) is 0 Å². The van der Waals surface area contributed by atoms with Gasteiger partial charge in [0.2, 0.25) is 11.8 Å². The van der Waals surface area contributed by atoms with Crippen molar-refractivity contribution in [3.8, 4) is 5.75 Å². The Morgan fingerprint density at radius 2 is 1.64 bits per heavy atom. The smallest absolute Gasteiger partial charge is 0.243 e. The number of ether oxygens (including phenoxy) is 1. The van der Waals surface area contributed by atoms with Gasteiger partial charge in [-0.3, -0.25) is 9.59 Å². The molecule has 0 aliphatic carbocycles. The topological polar surface area (TPSA) is 58.6 Å². The van der Waals surface area contributed by atoms with Gasteiger partial charge in [0, 0.05) is 12.7 Å². The second-order valence-corrected chi connectivity index (χ2v) is 5.98. The van der Waals surface area contributed by atoms with Crippen molar-refractivity contribution < 1.29 is 14.3 Å². The Morgan fingerprint density at radius 1 is 1.00 bits per heavy atom. The van der Waals surface area contributed by atoms with Crippen LogP contribution in [-0.2, 0) is 9.59 Å². The van der Waals surface area contributed by atoms with Crippen LogP contribution in [0.25, 0.3) is 0 Å². The minimum absolute atomic E-state index is 0.0118. The molecule has 2 aromatic carbocycles. The number of amides is 2. The minimum atomic E-state index is -0.211. The molecule has 0 heterocycles. The molecule has 0 atom stereocenters. The lowest BCUT2D eigenvalue weighted by Crippen LogP contribution is -2.35. The van der Waals surface area contributed by atoms with Crippen LogP contribution in [0.5, 0.6) is 5.75 Å². The van der Waals surface area contributed by atoms with Gasteiger partial charge in [0.15, 0.2) is 0 Å². The number of rotatable bonds is 7. The predicted molar refractivity (Wildman–Crippen MR) is 98.7 cm³/mol. The highest BCUT2D eigenvalue weighted by atomic mass is 16.5. The highest BCUT2D eigenvalue weighted by molar-refractivity contribution is 5.95. The zero-order chi connectivity index (χ0) is 18.2. The SMILES string of the molecule is Cc1cccc(C)c1NC(=O)CN(C)C(=O)CCOc1ccccc1. The number of carbonyl (C=O) groups is 2. The molecular weight excluding hydrogens is 316 g/mol. The molecule has 132 valence electrons. The number of hydrogen-bond acceptors (Lipinski definition) is 3.